The lowest BCUT2D eigenvalue weighted by atomic mass is 10.1. The summed E-state index contributed by atoms with van der Waals surface area (Å²) in [4.78, 5) is 33.7. The Labute approximate surface area is 191 Å². The average molecular weight is 495 g/mol. The van der Waals surface area contributed by atoms with Crippen LogP contribution in [0.5, 0.6) is 0 Å². The predicted octanol–water partition coefficient (Wildman–Crippen LogP) is 5.22. The van der Waals surface area contributed by atoms with Crippen molar-refractivity contribution in [2.75, 3.05) is 11.1 Å². The number of nitrogens with one attached hydrogen (secondary N) is 2. The van der Waals surface area contributed by atoms with Crippen LogP contribution in [-0.2, 0) is 4.79 Å². The fourth-order valence-corrected chi connectivity index (χ4v) is 4.80. The normalized spacial score (nSPS) is 13.5. The minimum absolute atomic E-state index is 0.0791. The Hall–Kier alpha value is -2.84. The van der Waals surface area contributed by atoms with Crippen molar-refractivity contribution in [3.05, 3.63) is 75.6 Å². The summed E-state index contributed by atoms with van der Waals surface area (Å²) in [6.07, 6.45) is 3.74. The van der Waals surface area contributed by atoms with Gasteiger partial charge in [-0.15, -0.1) is 0 Å². The van der Waals surface area contributed by atoms with E-state index in [-0.39, 0.29) is 23.3 Å². The average Bonchev–Trinajstić information content (AvgIpc) is 3.51. The summed E-state index contributed by atoms with van der Waals surface area (Å²) in [5.41, 5.74) is 3.67. The van der Waals surface area contributed by atoms with Gasteiger partial charge in [0.2, 0.25) is 5.91 Å². The maximum atomic E-state index is 13.2. The van der Waals surface area contributed by atoms with Crippen LogP contribution in [0.2, 0.25) is 0 Å². The summed E-state index contributed by atoms with van der Waals surface area (Å²) in [6.45, 7) is 0. The molecule has 2 aromatic carbocycles. The van der Waals surface area contributed by atoms with E-state index in [9.17, 15) is 9.59 Å². The fraction of sp³-hybridized carbons (Fsp3) is 0.174. The van der Waals surface area contributed by atoms with Crippen molar-refractivity contribution >= 4 is 50.3 Å². The van der Waals surface area contributed by atoms with Gasteiger partial charge in [-0.2, -0.15) is 0 Å². The highest BCUT2D eigenvalue weighted by atomic mass is 79.9. The zero-order chi connectivity index (χ0) is 21.4. The quantitative estimate of drug-likeness (QED) is 0.284. The molecule has 1 amide bonds. The summed E-state index contributed by atoms with van der Waals surface area (Å²) in [7, 11) is 0. The topological polar surface area (TPSA) is 79.8 Å². The number of carbonyl (C=O) groups excluding carboxylic acids is 1. The van der Waals surface area contributed by atoms with E-state index in [4.69, 9.17) is 4.98 Å². The van der Waals surface area contributed by atoms with Gasteiger partial charge in [0.15, 0.2) is 5.16 Å². The molecule has 4 aromatic rings. The number of fused-ring (bicyclic) bond motifs is 1. The molecule has 0 spiro atoms. The number of benzene rings is 2. The molecule has 5 rings (SSSR count). The highest BCUT2D eigenvalue weighted by Crippen LogP contribution is 2.37. The molecule has 156 valence electrons. The van der Waals surface area contributed by atoms with Crippen LogP contribution in [0.3, 0.4) is 0 Å². The molecule has 0 radical (unpaired) electrons. The molecule has 1 aliphatic carbocycles. The van der Waals surface area contributed by atoms with Crippen LogP contribution in [0, 0.1) is 0 Å². The maximum Gasteiger partial charge on any atom is 0.278 e. The number of amides is 1. The number of aromatic nitrogens is 3. The molecule has 0 unspecified atom stereocenters. The predicted molar refractivity (Wildman–Crippen MR) is 128 cm³/mol. The lowest BCUT2D eigenvalue weighted by Crippen LogP contribution is -2.23. The smallest absolute Gasteiger partial charge is 0.278 e. The van der Waals surface area contributed by atoms with Gasteiger partial charge in [-0.3, -0.25) is 14.2 Å². The van der Waals surface area contributed by atoms with Crippen molar-refractivity contribution in [2.24, 2.45) is 0 Å². The molecular formula is C23H19BrN4O2S. The molecule has 0 aliphatic heterocycles. The van der Waals surface area contributed by atoms with Crippen molar-refractivity contribution in [1.82, 2.24) is 14.5 Å². The third kappa shape index (κ3) is 4.18. The van der Waals surface area contributed by atoms with E-state index in [1.807, 2.05) is 60.8 Å². The van der Waals surface area contributed by atoms with Gasteiger partial charge in [0.25, 0.3) is 5.56 Å². The van der Waals surface area contributed by atoms with Crippen LogP contribution in [0.4, 0.5) is 5.69 Å². The highest BCUT2D eigenvalue weighted by molar-refractivity contribution is 9.10. The van der Waals surface area contributed by atoms with E-state index in [2.05, 4.69) is 26.2 Å². The molecule has 6 nitrogen and oxygen atoms in total. The second kappa shape index (κ2) is 8.36. The third-order valence-corrected chi connectivity index (χ3v) is 6.58. The molecule has 2 heterocycles. The number of rotatable bonds is 6. The first-order valence-corrected chi connectivity index (χ1v) is 11.8. The SMILES string of the molecule is O=C(CSc1nc2c(-c3ccccc3)c[nH]c2c(=O)n1C1CC1)Nc1cccc(Br)c1. The zero-order valence-corrected chi connectivity index (χ0v) is 18.9. The van der Waals surface area contributed by atoms with Gasteiger partial charge in [-0.1, -0.05) is 64.1 Å². The number of anilines is 1. The van der Waals surface area contributed by atoms with Gasteiger partial charge in [-0.25, -0.2) is 4.98 Å². The fourth-order valence-electron chi connectivity index (χ4n) is 3.54. The van der Waals surface area contributed by atoms with Crippen LogP contribution >= 0.6 is 27.7 Å². The van der Waals surface area contributed by atoms with Gasteiger partial charge in [0.1, 0.15) is 11.0 Å². The van der Waals surface area contributed by atoms with E-state index in [1.54, 1.807) is 4.57 Å². The molecule has 0 atom stereocenters. The molecule has 31 heavy (non-hydrogen) atoms. The molecule has 1 saturated carbocycles. The summed E-state index contributed by atoms with van der Waals surface area (Å²) >= 11 is 4.70. The minimum Gasteiger partial charge on any atom is -0.355 e. The first-order valence-electron chi connectivity index (χ1n) is 9.97. The van der Waals surface area contributed by atoms with Crippen LogP contribution in [0.25, 0.3) is 22.2 Å². The van der Waals surface area contributed by atoms with Crippen LogP contribution < -0.4 is 10.9 Å². The molecule has 2 aromatic heterocycles. The second-order valence-electron chi connectivity index (χ2n) is 7.44. The van der Waals surface area contributed by atoms with E-state index in [0.29, 0.717) is 16.2 Å². The first kappa shape index (κ1) is 20.1. The number of hydrogen-bond acceptors (Lipinski definition) is 4. The van der Waals surface area contributed by atoms with Crippen molar-refractivity contribution < 1.29 is 4.79 Å². The standard InChI is InChI=1S/C23H19BrN4O2S/c24-15-7-4-8-16(11-15)26-19(29)13-31-23-27-20-18(14-5-2-1-3-6-14)12-25-21(20)22(30)28(23)17-9-10-17/h1-8,11-12,17,25H,9-10,13H2,(H,26,29). The summed E-state index contributed by atoms with van der Waals surface area (Å²) in [5, 5.41) is 3.47. The lowest BCUT2D eigenvalue weighted by Gasteiger charge is -2.12. The summed E-state index contributed by atoms with van der Waals surface area (Å²) in [6, 6.07) is 17.5. The number of nitrogens with zero attached hydrogens (tertiary/aromatic N) is 2. The Morgan fingerprint density at radius 1 is 1.19 bits per heavy atom. The Balaban J connectivity index is 1.46. The third-order valence-electron chi connectivity index (χ3n) is 5.14. The molecular weight excluding hydrogens is 476 g/mol. The Morgan fingerprint density at radius 2 is 2.00 bits per heavy atom. The van der Waals surface area contributed by atoms with E-state index < -0.39 is 0 Å². The van der Waals surface area contributed by atoms with E-state index in [0.717, 1.165) is 34.1 Å². The first-order chi connectivity index (χ1) is 15.1. The number of carbonyl (C=O) groups is 1. The van der Waals surface area contributed by atoms with Crippen molar-refractivity contribution in [3.63, 3.8) is 0 Å². The Morgan fingerprint density at radius 3 is 2.74 bits per heavy atom. The number of H-pyrrole nitrogens is 1. The van der Waals surface area contributed by atoms with Crippen molar-refractivity contribution in [3.8, 4) is 11.1 Å². The Bertz CT molecular complexity index is 1330. The molecule has 2 N–H and O–H groups in total. The largest absolute Gasteiger partial charge is 0.355 e. The second-order valence-corrected chi connectivity index (χ2v) is 9.30. The van der Waals surface area contributed by atoms with Gasteiger partial charge in [0.05, 0.1) is 5.75 Å². The van der Waals surface area contributed by atoms with Crippen LogP contribution in [0.15, 0.2) is 75.2 Å². The van der Waals surface area contributed by atoms with E-state index in [1.165, 1.54) is 11.8 Å². The molecule has 0 saturated heterocycles. The molecule has 0 bridgehead atoms. The zero-order valence-electron chi connectivity index (χ0n) is 16.5. The number of hydrogen-bond donors (Lipinski definition) is 2. The number of aromatic amines is 1. The highest BCUT2D eigenvalue weighted by Gasteiger charge is 2.29. The van der Waals surface area contributed by atoms with Gasteiger partial charge < -0.3 is 10.3 Å². The maximum absolute atomic E-state index is 13.2. The molecule has 1 aliphatic rings. The van der Waals surface area contributed by atoms with Crippen LogP contribution in [0.1, 0.15) is 18.9 Å². The number of thioether (sulfide) groups is 1. The van der Waals surface area contributed by atoms with Crippen LogP contribution in [-0.4, -0.2) is 26.2 Å². The van der Waals surface area contributed by atoms with Gasteiger partial charge in [-0.05, 0) is 36.6 Å². The lowest BCUT2D eigenvalue weighted by molar-refractivity contribution is -0.113. The van der Waals surface area contributed by atoms with Gasteiger partial charge >= 0.3 is 0 Å². The summed E-state index contributed by atoms with van der Waals surface area (Å²) in [5.74, 6) is 0.0274. The monoisotopic (exact) mass is 494 g/mol. The summed E-state index contributed by atoms with van der Waals surface area (Å²) < 4.78 is 2.64. The molecule has 1 fully saturated rings. The van der Waals surface area contributed by atoms with Crippen molar-refractivity contribution in [1.29, 1.82) is 0 Å². The Kier molecular flexibility index (Phi) is 5.41. The van der Waals surface area contributed by atoms with Gasteiger partial charge in [0, 0.05) is 28.0 Å². The number of halogens is 1. The minimum atomic E-state index is -0.142. The molecule has 8 heteroatoms. The van der Waals surface area contributed by atoms with Crippen molar-refractivity contribution in [2.45, 2.75) is 24.0 Å². The van der Waals surface area contributed by atoms with E-state index >= 15 is 0 Å².